The Morgan fingerprint density at radius 1 is 0.297 bits per heavy atom. The molecule has 1 atom stereocenters. The van der Waals surface area contributed by atoms with E-state index in [0.29, 0.717) is 19.3 Å². The van der Waals surface area contributed by atoms with E-state index in [0.717, 1.165) is 63.7 Å². The molecular formula is C58H112O6. The number of ether oxygens (including phenoxy) is 3. The van der Waals surface area contributed by atoms with Gasteiger partial charge < -0.3 is 14.2 Å². The molecule has 0 N–H and O–H groups in total. The van der Waals surface area contributed by atoms with Gasteiger partial charge in [0, 0.05) is 19.3 Å². The van der Waals surface area contributed by atoms with Gasteiger partial charge in [0.1, 0.15) is 13.2 Å². The fourth-order valence-electron chi connectivity index (χ4n) is 8.92. The Morgan fingerprint density at radius 3 is 0.766 bits per heavy atom. The average molecular weight is 906 g/mol. The van der Waals surface area contributed by atoms with Crippen molar-refractivity contribution in [2.24, 2.45) is 5.92 Å². The topological polar surface area (TPSA) is 78.9 Å². The van der Waals surface area contributed by atoms with E-state index in [2.05, 4.69) is 27.7 Å². The van der Waals surface area contributed by atoms with E-state index in [1.807, 2.05) is 0 Å². The highest BCUT2D eigenvalue weighted by atomic mass is 16.6. The molecule has 0 aromatic rings. The van der Waals surface area contributed by atoms with Gasteiger partial charge in [0.25, 0.3) is 0 Å². The molecule has 0 aliphatic heterocycles. The second-order valence-corrected chi connectivity index (χ2v) is 20.4. The summed E-state index contributed by atoms with van der Waals surface area (Å²) in [5.74, 6) is 0.00887. The fraction of sp³-hybridized carbons (Fsp3) is 0.948. The second-order valence-electron chi connectivity index (χ2n) is 20.4. The minimum absolute atomic E-state index is 0.0618. The van der Waals surface area contributed by atoms with E-state index in [-0.39, 0.29) is 31.1 Å². The molecule has 0 heterocycles. The SMILES string of the molecule is CCCCCCCCCCCCCCCCCC(=O)OC[C@@H](COC(=O)CCCCCCCCCCCCCCCC)OC(=O)CCCCCCCCCCCCCCCCC(C)C. The molecule has 0 bridgehead atoms. The lowest BCUT2D eigenvalue weighted by molar-refractivity contribution is -0.167. The lowest BCUT2D eigenvalue weighted by atomic mass is 10.0. The maximum absolute atomic E-state index is 12.8. The van der Waals surface area contributed by atoms with E-state index in [9.17, 15) is 14.4 Å². The zero-order valence-corrected chi connectivity index (χ0v) is 43.8. The molecular weight excluding hydrogens is 793 g/mol. The first kappa shape index (κ1) is 62.4. The van der Waals surface area contributed by atoms with Crippen molar-refractivity contribution >= 4 is 17.9 Å². The van der Waals surface area contributed by atoms with Gasteiger partial charge in [-0.1, -0.05) is 291 Å². The van der Waals surface area contributed by atoms with Gasteiger partial charge in [0.15, 0.2) is 6.10 Å². The highest BCUT2D eigenvalue weighted by molar-refractivity contribution is 5.71. The van der Waals surface area contributed by atoms with Crippen molar-refractivity contribution in [3.8, 4) is 0 Å². The first-order valence-electron chi connectivity index (χ1n) is 28.9. The lowest BCUT2D eigenvalue weighted by Crippen LogP contribution is -2.30. The summed E-state index contributed by atoms with van der Waals surface area (Å²) >= 11 is 0. The third-order valence-corrected chi connectivity index (χ3v) is 13.3. The average Bonchev–Trinajstić information content (AvgIpc) is 3.28. The van der Waals surface area contributed by atoms with Gasteiger partial charge in [0.2, 0.25) is 0 Å². The molecule has 0 saturated heterocycles. The Labute approximate surface area is 399 Å². The van der Waals surface area contributed by atoms with Crippen LogP contribution in [0.15, 0.2) is 0 Å². The third kappa shape index (κ3) is 51.4. The van der Waals surface area contributed by atoms with Crippen LogP contribution in [0.25, 0.3) is 0 Å². The third-order valence-electron chi connectivity index (χ3n) is 13.3. The molecule has 380 valence electrons. The van der Waals surface area contributed by atoms with Crippen LogP contribution in [0.4, 0.5) is 0 Å². The van der Waals surface area contributed by atoms with E-state index in [4.69, 9.17) is 14.2 Å². The van der Waals surface area contributed by atoms with Gasteiger partial charge in [-0.25, -0.2) is 0 Å². The van der Waals surface area contributed by atoms with Gasteiger partial charge >= 0.3 is 17.9 Å². The van der Waals surface area contributed by atoms with E-state index in [1.165, 1.54) is 225 Å². The summed E-state index contributed by atoms with van der Waals surface area (Å²) in [6, 6.07) is 0. The highest BCUT2D eigenvalue weighted by Gasteiger charge is 2.19. The molecule has 0 unspecified atom stereocenters. The summed E-state index contributed by atoms with van der Waals surface area (Å²) in [5.41, 5.74) is 0. The summed E-state index contributed by atoms with van der Waals surface area (Å²) in [4.78, 5) is 38.1. The number of hydrogen-bond donors (Lipinski definition) is 0. The van der Waals surface area contributed by atoms with E-state index >= 15 is 0 Å². The van der Waals surface area contributed by atoms with Crippen LogP contribution in [0.1, 0.15) is 329 Å². The van der Waals surface area contributed by atoms with Crippen LogP contribution in [-0.2, 0) is 28.6 Å². The van der Waals surface area contributed by atoms with Crippen molar-refractivity contribution in [1.82, 2.24) is 0 Å². The number of rotatable bonds is 53. The molecule has 0 aliphatic carbocycles. The molecule has 0 spiro atoms. The minimum Gasteiger partial charge on any atom is -0.462 e. The number of esters is 3. The minimum atomic E-state index is -0.761. The lowest BCUT2D eigenvalue weighted by Gasteiger charge is -2.18. The maximum atomic E-state index is 12.8. The summed E-state index contributed by atoms with van der Waals surface area (Å²) in [5, 5.41) is 0. The molecule has 0 radical (unpaired) electrons. The summed E-state index contributed by atoms with van der Waals surface area (Å²) in [6.07, 6.45) is 56.6. The molecule has 0 saturated carbocycles. The van der Waals surface area contributed by atoms with Crippen molar-refractivity contribution in [2.45, 2.75) is 336 Å². The van der Waals surface area contributed by atoms with Crippen LogP contribution >= 0.6 is 0 Å². The van der Waals surface area contributed by atoms with Crippen LogP contribution in [-0.4, -0.2) is 37.2 Å². The normalized spacial score (nSPS) is 12.0. The molecule has 0 aliphatic rings. The van der Waals surface area contributed by atoms with Crippen molar-refractivity contribution < 1.29 is 28.6 Å². The fourth-order valence-corrected chi connectivity index (χ4v) is 8.92. The maximum Gasteiger partial charge on any atom is 0.306 e. The second kappa shape index (κ2) is 52.4. The predicted octanol–water partition coefficient (Wildman–Crippen LogP) is 19.0. The predicted molar refractivity (Wildman–Crippen MR) is 275 cm³/mol. The van der Waals surface area contributed by atoms with Crippen LogP contribution in [0.3, 0.4) is 0 Å². The van der Waals surface area contributed by atoms with Gasteiger partial charge in [0.05, 0.1) is 0 Å². The number of carbonyl (C=O) groups is 3. The Balaban J connectivity index is 4.30. The van der Waals surface area contributed by atoms with Gasteiger partial charge in [-0.2, -0.15) is 0 Å². The number of unbranched alkanes of at least 4 members (excludes halogenated alkanes) is 40. The smallest absolute Gasteiger partial charge is 0.306 e. The van der Waals surface area contributed by atoms with Gasteiger partial charge in [-0.15, -0.1) is 0 Å². The Bertz CT molecular complexity index is 964. The zero-order chi connectivity index (χ0) is 46.7. The first-order valence-corrected chi connectivity index (χ1v) is 28.9. The standard InChI is InChI=1S/C58H112O6/c1-5-7-9-11-13-15-17-19-21-26-30-34-38-42-46-50-57(60)63-53-55(52-62-56(59)49-45-41-37-33-29-25-20-18-16-14-12-10-8-6-2)64-58(61)51-47-43-39-35-31-27-23-22-24-28-32-36-40-44-48-54(3)4/h54-55H,5-53H2,1-4H3/t55-/m1/s1. The number of hydrogen-bond acceptors (Lipinski definition) is 6. The molecule has 6 heteroatoms. The quantitative estimate of drug-likeness (QED) is 0.0344. The summed E-state index contributed by atoms with van der Waals surface area (Å²) < 4.78 is 16.9. The Hall–Kier alpha value is -1.59. The molecule has 0 aromatic heterocycles. The van der Waals surface area contributed by atoms with E-state index in [1.54, 1.807) is 0 Å². The highest BCUT2D eigenvalue weighted by Crippen LogP contribution is 2.18. The van der Waals surface area contributed by atoms with Crippen LogP contribution in [0.5, 0.6) is 0 Å². The largest absolute Gasteiger partial charge is 0.462 e. The van der Waals surface area contributed by atoms with Crippen molar-refractivity contribution in [3.63, 3.8) is 0 Å². The molecule has 6 nitrogen and oxygen atoms in total. The zero-order valence-electron chi connectivity index (χ0n) is 43.8. The molecule has 0 amide bonds. The number of carbonyl (C=O) groups excluding carboxylic acids is 3. The summed E-state index contributed by atoms with van der Waals surface area (Å²) in [7, 11) is 0. The van der Waals surface area contributed by atoms with Gasteiger partial charge in [-0.05, 0) is 25.2 Å². The molecule has 0 fully saturated rings. The van der Waals surface area contributed by atoms with E-state index < -0.39 is 6.10 Å². The Morgan fingerprint density at radius 2 is 0.516 bits per heavy atom. The molecule has 0 rings (SSSR count). The van der Waals surface area contributed by atoms with Crippen LogP contribution in [0.2, 0.25) is 0 Å². The van der Waals surface area contributed by atoms with Crippen LogP contribution in [0, 0.1) is 5.92 Å². The first-order chi connectivity index (χ1) is 31.4. The monoisotopic (exact) mass is 905 g/mol. The Kier molecular flexibility index (Phi) is 51.1. The molecule has 0 aromatic carbocycles. The van der Waals surface area contributed by atoms with Crippen molar-refractivity contribution in [3.05, 3.63) is 0 Å². The summed E-state index contributed by atoms with van der Waals surface area (Å²) in [6.45, 7) is 9.07. The van der Waals surface area contributed by atoms with Crippen molar-refractivity contribution in [1.29, 1.82) is 0 Å². The molecule has 64 heavy (non-hydrogen) atoms. The van der Waals surface area contributed by atoms with Gasteiger partial charge in [-0.3, -0.25) is 14.4 Å². The van der Waals surface area contributed by atoms with Crippen LogP contribution < -0.4 is 0 Å². The van der Waals surface area contributed by atoms with Crippen molar-refractivity contribution in [2.75, 3.05) is 13.2 Å².